The van der Waals surface area contributed by atoms with Gasteiger partial charge in [-0.1, -0.05) is 54.6 Å². The number of halogens is 3. The molecule has 0 saturated carbocycles. The van der Waals surface area contributed by atoms with Gasteiger partial charge >= 0.3 is 12.1 Å². The van der Waals surface area contributed by atoms with Gasteiger partial charge in [-0.05, 0) is 46.9 Å². The maximum absolute atomic E-state index is 12.8. The Balaban J connectivity index is 1.55. The third-order valence-corrected chi connectivity index (χ3v) is 5.33. The molecule has 0 unspecified atom stereocenters. The second kappa shape index (κ2) is 8.30. The van der Waals surface area contributed by atoms with E-state index in [9.17, 15) is 18.0 Å². The van der Waals surface area contributed by atoms with Gasteiger partial charge in [0.15, 0.2) is 0 Å². The number of rotatable bonds is 6. The zero-order valence-corrected chi connectivity index (χ0v) is 16.6. The first-order valence-corrected chi connectivity index (χ1v) is 9.86. The van der Waals surface area contributed by atoms with Crippen molar-refractivity contribution in [2.75, 3.05) is 0 Å². The van der Waals surface area contributed by atoms with Crippen LogP contribution in [0.2, 0.25) is 0 Å². The molecule has 6 heteroatoms. The lowest BCUT2D eigenvalue weighted by Gasteiger charge is -2.09. The summed E-state index contributed by atoms with van der Waals surface area (Å²) in [6.07, 6.45) is -1.80. The van der Waals surface area contributed by atoms with Crippen molar-refractivity contribution in [3.05, 3.63) is 95.7 Å². The lowest BCUT2D eigenvalue weighted by Crippen LogP contribution is -2.04. The highest BCUT2D eigenvalue weighted by atomic mass is 19.4. The minimum Gasteiger partial charge on any atom is -0.481 e. The molecular weight excluding hydrogens is 403 g/mol. The Labute approximate surface area is 177 Å². The Kier molecular flexibility index (Phi) is 5.55. The maximum atomic E-state index is 12.8. The van der Waals surface area contributed by atoms with Crippen LogP contribution in [0.5, 0.6) is 0 Å². The molecule has 0 fully saturated rings. The van der Waals surface area contributed by atoms with Crippen LogP contribution >= 0.6 is 0 Å². The lowest BCUT2D eigenvalue weighted by molar-refractivity contribution is -0.138. The molecule has 0 saturated heterocycles. The molecule has 4 rings (SSSR count). The quantitative estimate of drug-likeness (QED) is 0.390. The van der Waals surface area contributed by atoms with E-state index in [1.54, 1.807) is 0 Å². The Morgan fingerprint density at radius 2 is 1.48 bits per heavy atom. The zero-order chi connectivity index (χ0) is 22.0. The first-order chi connectivity index (χ1) is 14.8. The molecule has 0 aliphatic carbocycles. The third kappa shape index (κ3) is 4.63. The number of alkyl halides is 3. The number of carbonyl (C=O) groups is 1. The standard InChI is InChI=1S/C25H20F3NO2/c26-25(27,28)21-12-9-19(10-13-21)18-7-5-17(6-8-18)15-29-16-20(11-14-24(30)31)22-3-1-2-4-23(22)29/h1-10,12-13,16H,11,14-15H2,(H,30,31). The molecule has 0 radical (unpaired) electrons. The number of aryl methyl sites for hydroxylation is 1. The predicted molar refractivity (Wildman–Crippen MR) is 114 cm³/mol. The smallest absolute Gasteiger partial charge is 0.416 e. The van der Waals surface area contributed by atoms with E-state index < -0.39 is 17.7 Å². The number of carboxylic acid groups (broad SMARTS) is 1. The van der Waals surface area contributed by atoms with Crippen LogP contribution in [0.4, 0.5) is 13.2 Å². The van der Waals surface area contributed by atoms with Crippen LogP contribution in [0.3, 0.4) is 0 Å². The number of hydrogen-bond acceptors (Lipinski definition) is 1. The Hall–Kier alpha value is -3.54. The van der Waals surface area contributed by atoms with Gasteiger partial charge in [0, 0.05) is 30.1 Å². The largest absolute Gasteiger partial charge is 0.481 e. The summed E-state index contributed by atoms with van der Waals surface area (Å²) in [4.78, 5) is 11.0. The van der Waals surface area contributed by atoms with Crippen molar-refractivity contribution in [3.63, 3.8) is 0 Å². The lowest BCUT2D eigenvalue weighted by atomic mass is 10.0. The maximum Gasteiger partial charge on any atom is 0.416 e. The number of aliphatic carboxylic acids is 1. The van der Waals surface area contributed by atoms with Gasteiger partial charge in [0.25, 0.3) is 0 Å². The molecule has 0 amide bonds. The summed E-state index contributed by atoms with van der Waals surface area (Å²) >= 11 is 0. The second-order valence-electron chi connectivity index (χ2n) is 7.47. The van der Waals surface area contributed by atoms with Crippen LogP contribution in [-0.2, 0) is 23.9 Å². The normalized spacial score (nSPS) is 11.7. The molecule has 31 heavy (non-hydrogen) atoms. The van der Waals surface area contributed by atoms with Crippen molar-refractivity contribution < 1.29 is 23.1 Å². The van der Waals surface area contributed by atoms with Gasteiger partial charge in [-0.15, -0.1) is 0 Å². The Morgan fingerprint density at radius 1 is 0.871 bits per heavy atom. The van der Waals surface area contributed by atoms with Crippen molar-refractivity contribution in [1.82, 2.24) is 4.57 Å². The first kappa shape index (κ1) is 20.7. The number of para-hydroxylation sites is 1. The van der Waals surface area contributed by atoms with Gasteiger partial charge in [-0.25, -0.2) is 0 Å². The fourth-order valence-electron chi connectivity index (χ4n) is 3.75. The third-order valence-electron chi connectivity index (χ3n) is 5.33. The molecule has 0 bridgehead atoms. The molecule has 0 atom stereocenters. The summed E-state index contributed by atoms with van der Waals surface area (Å²) in [5, 5.41) is 10.0. The minimum atomic E-state index is -4.34. The van der Waals surface area contributed by atoms with E-state index in [0.717, 1.165) is 45.3 Å². The number of nitrogens with zero attached hydrogens (tertiary/aromatic N) is 1. The molecule has 0 aliphatic rings. The Bertz CT molecular complexity index is 1210. The van der Waals surface area contributed by atoms with Crippen LogP contribution in [0, 0.1) is 0 Å². The average Bonchev–Trinajstić information content (AvgIpc) is 3.10. The fourth-order valence-corrected chi connectivity index (χ4v) is 3.75. The Morgan fingerprint density at radius 3 is 2.10 bits per heavy atom. The van der Waals surface area contributed by atoms with E-state index in [4.69, 9.17) is 5.11 Å². The van der Waals surface area contributed by atoms with E-state index in [1.807, 2.05) is 54.7 Å². The second-order valence-corrected chi connectivity index (χ2v) is 7.47. The number of benzene rings is 3. The summed E-state index contributed by atoms with van der Waals surface area (Å²) < 4.78 is 40.4. The van der Waals surface area contributed by atoms with Crippen LogP contribution < -0.4 is 0 Å². The number of aromatic nitrogens is 1. The summed E-state index contributed by atoms with van der Waals surface area (Å²) in [7, 11) is 0. The molecular formula is C25H20F3NO2. The van der Waals surface area contributed by atoms with E-state index in [-0.39, 0.29) is 6.42 Å². The highest BCUT2D eigenvalue weighted by Crippen LogP contribution is 2.31. The molecule has 1 aromatic heterocycles. The monoisotopic (exact) mass is 423 g/mol. The van der Waals surface area contributed by atoms with Crippen molar-refractivity contribution in [1.29, 1.82) is 0 Å². The van der Waals surface area contributed by atoms with E-state index in [1.165, 1.54) is 12.1 Å². The zero-order valence-electron chi connectivity index (χ0n) is 16.6. The van der Waals surface area contributed by atoms with Crippen molar-refractivity contribution >= 4 is 16.9 Å². The van der Waals surface area contributed by atoms with Crippen molar-refractivity contribution in [2.24, 2.45) is 0 Å². The topological polar surface area (TPSA) is 42.2 Å². The highest BCUT2D eigenvalue weighted by molar-refractivity contribution is 5.84. The van der Waals surface area contributed by atoms with Crippen LogP contribution in [0.25, 0.3) is 22.0 Å². The van der Waals surface area contributed by atoms with Crippen LogP contribution in [0.1, 0.15) is 23.1 Å². The molecule has 0 spiro atoms. The SMILES string of the molecule is O=C(O)CCc1cn(Cc2ccc(-c3ccc(C(F)(F)F)cc3)cc2)c2ccccc12. The van der Waals surface area contributed by atoms with Gasteiger partial charge in [0.1, 0.15) is 0 Å². The molecule has 1 heterocycles. The van der Waals surface area contributed by atoms with Gasteiger partial charge in [-0.2, -0.15) is 13.2 Å². The van der Waals surface area contributed by atoms with Crippen LogP contribution in [0.15, 0.2) is 79.0 Å². The summed E-state index contributed by atoms with van der Waals surface area (Å²) in [5.74, 6) is -0.823. The van der Waals surface area contributed by atoms with Gasteiger partial charge in [0.2, 0.25) is 0 Å². The van der Waals surface area contributed by atoms with Gasteiger partial charge in [0.05, 0.1) is 5.56 Å². The van der Waals surface area contributed by atoms with Gasteiger partial charge in [-0.3, -0.25) is 4.79 Å². The van der Waals surface area contributed by atoms with Crippen molar-refractivity contribution in [2.45, 2.75) is 25.6 Å². The minimum absolute atomic E-state index is 0.0792. The van der Waals surface area contributed by atoms with Crippen molar-refractivity contribution in [3.8, 4) is 11.1 Å². The first-order valence-electron chi connectivity index (χ1n) is 9.86. The molecule has 3 aromatic carbocycles. The number of fused-ring (bicyclic) bond motifs is 1. The molecule has 158 valence electrons. The number of hydrogen-bond donors (Lipinski definition) is 1. The summed E-state index contributed by atoms with van der Waals surface area (Å²) in [6.45, 7) is 0.612. The van der Waals surface area contributed by atoms with Gasteiger partial charge < -0.3 is 9.67 Å². The fraction of sp³-hybridized carbons (Fsp3) is 0.160. The summed E-state index contributed by atoms with van der Waals surface area (Å²) in [5.41, 5.74) is 3.99. The van der Waals surface area contributed by atoms with Crippen LogP contribution in [-0.4, -0.2) is 15.6 Å². The molecule has 0 aliphatic heterocycles. The highest BCUT2D eigenvalue weighted by Gasteiger charge is 2.29. The molecule has 4 aromatic rings. The number of carboxylic acids is 1. The van der Waals surface area contributed by atoms with E-state index >= 15 is 0 Å². The molecule has 1 N–H and O–H groups in total. The predicted octanol–water partition coefficient (Wildman–Crippen LogP) is 6.39. The molecule has 3 nitrogen and oxygen atoms in total. The average molecular weight is 423 g/mol. The van der Waals surface area contributed by atoms with E-state index in [0.29, 0.717) is 13.0 Å². The van der Waals surface area contributed by atoms with E-state index in [2.05, 4.69) is 4.57 Å². The summed E-state index contributed by atoms with van der Waals surface area (Å²) in [6, 6.07) is 20.7.